The van der Waals surface area contributed by atoms with Crippen molar-refractivity contribution < 1.29 is 0 Å². The third-order valence-corrected chi connectivity index (χ3v) is 1.32. The van der Waals surface area contributed by atoms with E-state index in [2.05, 4.69) is 38.3 Å². The molecule has 0 saturated heterocycles. The Morgan fingerprint density at radius 1 is 1.75 bits per heavy atom. The van der Waals surface area contributed by atoms with E-state index in [9.17, 15) is 0 Å². The van der Waals surface area contributed by atoms with Gasteiger partial charge in [-0.3, -0.25) is 0 Å². The van der Waals surface area contributed by atoms with Crippen molar-refractivity contribution in [2.24, 2.45) is 0 Å². The first-order valence-corrected chi connectivity index (χ1v) is 3.01. The minimum absolute atomic E-state index is 0.633. The SMILES string of the molecule is CC1[B]N(C)CC=C1. The van der Waals surface area contributed by atoms with Crippen molar-refractivity contribution in [1.29, 1.82) is 0 Å². The molecule has 8 heavy (non-hydrogen) atoms. The molecule has 0 bridgehead atoms. The fraction of sp³-hybridized carbons (Fsp3) is 0.667. The molecule has 1 heterocycles. The van der Waals surface area contributed by atoms with Crippen molar-refractivity contribution >= 4 is 7.41 Å². The van der Waals surface area contributed by atoms with Crippen LogP contribution in [0, 0.1) is 0 Å². The van der Waals surface area contributed by atoms with Gasteiger partial charge in [0, 0.05) is 6.54 Å². The van der Waals surface area contributed by atoms with Crippen LogP contribution in [0.2, 0.25) is 5.82 Å². The van der Waals surface area contributed by atoms with Gasteiger partial charge in [-0.2, -0.15) is 0 Å². The zero-order valence-electron chi connectivity index (χ0n) is 5.46. The Kier molecular flexibility index (Phi) is 1.74. The molecule has 1 aliphatic heterocycles. The smallest absolute Gasteiger partial charge is 0.215 e. The van der Waals surface area contributed by atoms with Gasteiger partial charge in [-0.25, -0.2) is 0 Å². The second kappa shape index (κ2) is 2.36. The first-order valence-electron chi connectivity index (χ1n) is 3.01. The number of allylic oxidation sites excluding steroid dienone is 1. The molecule has 0 spiro atoms. The van der Waals surface area contributed by atoms with Crippen LogP contribution in [0.15, 0.2) is 12.2 Å². The van der Waals surface area contributed by atoms with Gasteiger partial charge in [0.05, 0.1) is 0 Å². The van der Waals surface area contributed by atoms with Gasteiger partial charge in [0.15, 0.2) is 0 Å². The van der Waals surface area contributed by atoms with Gasteiger partial charge in [0.25, 0.3) is 0 Å². The van der Waals surface area contributed by atoms with Crippen LogP contribution in [-0.2, 0) is 0 Å². The number of rotatable bonds is 0. The second-order valence-electron chi connectivity index (χ2n) is 2.38. The Bertz CT molecular complexity index is 101. The Balaban J connectivity index is 2.42. The number of hydrogen-bond acceptors (Lipinski definition) is 1. The van der Waals surface area contributed by atoms with Gasteiger partial charge < -0.3 is 4.81 Å². The molecule has 0 N–H and O–H groups in total. The van der Waals surface area contributed by atoms with Gasteiger partial charge >= 0.3 is 0 Å². The molecule has 1 unspecified atom stereocenters. The van der Waals surface area contributed by atoms with Crippen LogP contribution >= 0.6 is 0 Å². The average Bonchev–Trinajstić information content (AvgIpc) is 1.64. The Hall–Kier alpha value is -0.235. The van der Waals surface area contributed by atoms with E-state index >= 15 is 0 Å². The molecule has 0 amide bonds. The molecule has 43 valence electrons. The molecular formula is C6H11BN. The van der Waals surface area contributed by atoms with Crippen LogP contribution in [0.4, 0.5) is 0 Å². The van der Waals surface area contributed by atoms with Gasteiger partial charge in [-0.1, -0.05) is 19.1 Å². The molecule has 0 aromatic rings. The van der Waals surface area contributed by atoms with Gasteiger partial charge in [0.2, 0.25) is 7.41 Å². The fourth-order valence-electron chi connectivity index (χ4n) is 0.954. The summed E-state index contributed by atoms with van der Waals surface area (Å²) in [6.45, 7) is 3.26. The quantitative estimate of drug-likeness (QED) is 0.329. The summed E-state index contributed by atoms with van der Waals surface area (Å²) < 4.78 is 0. The minimum atomic E-state index is 0.633. The molecule has 0 aliphatic carbocycles. The first-order chi connectivity index (χ1) is 3.79. The summed E-state index contributed by atoms with van der Waals surface area (Å²) in [4.78, 5) is 2.20. The van der Waals surface area contributed by atoms with E-state index in [0.717, 1.165) is 6.54 Å². The Morgan fingerprint density at radius 3 is 2.88 bits per heavy atom. The van der Waals surface area contributed by atoms with Crippen molar-refractivity contribution in [3.63, 3.8) is 0 Å². The van der Waals surface area contributed by atoms with E-state index < -0.39 is 0 Å². The van der Waals surface area contributed by atoms with Crippen molar-refractivity contribution in [2.45, 2.75) is 12.7 Å². The predicted molar refractivity (Wildman–Crippen MR) is 36.9 cm³/mol. The van der Waals surface area contributed by atoms with E-state index in [1.54, 1.807) is 0 Å². The third kappa shape index (κ3) is 1.37. The van der Waals surface area contributed by atoms with Crippen LogP contribution in [0.5, 0.6) is 0 Å². The maximum absolute atomic E-state index is 2.22. The predicted octanol–water partition coefficient (Wildman–Crippen LogP) is 0.916. The molecule has 0 aromatic carbocycles. The van der Waals surface area contributed by atoms with Crippen LogP contribution < -0.4 is 0 Å². The highest BCUT2D eigenvalue weighted by Gasteiger charge is 2.07. The maximum Gasteiger partial charge on any atom is 0.215 e. The highest BCUT2D eigenvalue weighted by Crippen LogP contribution is 2.08. The summed E-state index contributed by atoms with van der Waals surface area (Å²) >= 11 is 0. The highest BCUT2D eigenvalue weighted by atomic mass is 15.0. The van der Waals surface area contributed by atoms with Crippen LogP contribution in [-0.4, -0.2) is 25.8 Å². The zero-order valence-corrected chi connectivity index (χ0v) is 5.46. The van der Waals surface area contributed by atoms with E-state index in [0.29, 0.717) is 5.82 Å². The second-order valence-corrected chi connectivity index (χ2v) is 2.38. The lowest BCUT2D eigenvalue weighted by Crippen LogP contribution is -2.28. The molecule has 0 saturated carbocycles. The average molecular weight is 108 g/mol. The van der Waals surface area contributed by atoms with E-state index in [1.807, 2.05) is 0 Å². The van der Waals surface area contributed by atoms with E-state index in [1.165, 1.54) is 0 Å². The van der Waals surface area contributed by atoms with Crippen molar-refractivity contribution in [1.82, 2.24) is 4.81 Å². The normalized spacial score (nSPS) is 30.0. The number of hydrogen-bond donors (Lipinski definition) is 0. The molecular weight excluding hydrogens is 96.9 g/mol. The first kappa shape index (κ1) is 5.89. The number of nitrogens with zero attached hydrogens (tertiary/aromatic N) is 1. The standard InChI is InChI=1S/C6H11BN/c1-6-4-3-5-8(2)7-6/h3-4,6H,5H2,1-2H3. The number of likely N-dealkylation sites (N-methyl/N-ethyl adjacent to an activating group) is 1. The molecule has 1 aliphatic rings. The highest BCUT2D eigenvalue weighted by molar-refractivity contribution is 6.35. The maximum atomic E-state index is 2.22. The molecule has 0 aromatic heterocycles. The monoisotopic (exact) mass is 108 g/mol. The molecule has 1 rings (SSSR count). The lowest BCUT2D eigenvalue weighted by molar-refractivity contribution is 0.579. The van der Waals surface area contributed by atoms with Crippen LogP contribution in [0.3, 0.4) is 0 Å². The van der Waals surface area contributed by atoms with Crippen LogP contribution in [0.25, 0.3) is 0 Å². The van der Waals surface area contributed by atoms with Crippen molar-refractivity contribution in [3.05, 3.63) is 12.2 Å². The fourth-order valence-corrected chi connectivity index (χ4v) is 0.954. The topological polar surface area (TPSA) is 3.24 Å². The largest absolute Gasteiger partial charge is 0.346 e. The summed E-state index contributed by atoms with van der Waals surface area (Å²) in [6, 6.07) is 0. The Labute approximate surface area is 51.6 Å². The lowest BCUT2D eigenvalue weighted by atomic mass is 9.73. The lowest BCUT2D eigenvalue weighted by Gasteiger charge is -2.20. The summed E-state index contributed by atoms with van der Waals surface area (Å²) in [5, 5.41) is 0. The summed E-state index contributed by atoms with van der Waals surface area (Å²) in [5.41, 5.74) is 0. The van der Waals surface area contributed by atoms with Crippen molar-refractivity contribution in [2.75, 3.05) is 13.6 Å². The summed E-state index contributed by atoms with van der Waals surface area (Å²) in [6.07, 6.45) is 4.42. The third-order valence-electron chi connectivity index (χ3n) is 1.32. The molecule has 1 nitrogen and oxygen atoms in total. The van der Waals surface area contributed by atoms with E-state index in [-0.39, 0.29) is 0 Å². The van der Waals surface area contributed by atoms with Gasteiger partial charge in [-0.05, 0) is 12.9 Å². The molecule has 1 atom stereocenters. The summed E-state index contributed by atoms with van der Waals surface area (Å²) in [5.74, 6) is 0.633. The molecule has 0 fully saturated rings. The molecule has 1 radical (unpaired) electrons. The molecule has 2 heteroatoms. The van der Waals surface area contributed by atoms with E-state index in [4.69, 9.17) is 0 Å². The summed E-state index contributed by atoms with van der Waals surface area (Å²) in [7, 11) is 4.32. The van der Waals surface area contributed by atoms with Gasteiger partial charge in [-0.15, -0.1) is 0 Å². The van der Waals surface area contributed by atoms with Gasteiger partial charge in [0.1, 0.15) is 0 Å². The van der Waals surface area contributed by atoms with Crippen molar-refractivity contribution in [3.8, 4) is 0 Å². The zero-order chi connectivity index (χ0) is 5.98. The minimum Gasteiger partial charge on any atom is -0.346 e. The van der Waals surface area contributed by atoms with Crippen LogP contribution in [0.1, 0.15) is 6.92 Å². The Morgan fingerprint density at radius 2 is 2.50 bits per heavy atom.